The first-order valence-corrected chi connectivity index (χ1v) is 6.34. The summed E-state index contributed by atoms with van der Waals surface area (Å²) in [6.07, 6.45) is 0. The molecule has 0 aliphatic carbocycles. The second-order valence-corrected chi connectivity index (χ2v) is 4.98. The summed E-state index contributed by atoms with van der Waals surface area (Å²) in [5, 5.41) is 5.74. The molecule has 0 atom stereocenters. The van der Waals surface area contributed by atoms with Crippen LogP contribution in [0.2, 0.25) is 0 Å². The second-order valence-electron chi connectivity index (χ2n) is 3.15. The van der Waals surface area contributed by atoms with Crippen molar-refractivity contribution in [2.24, 2.45) is 0 Å². The predicted octanol–water partition coefficient (Wildman–Crippen LogP) is 3.41. The van der Waals surface area contributed by atoms with Crippen LogP contribution >= 0.6 is 27.3 Å². The summed E-state index contributed by atoms with van der Waals surface area (Å²) in [6, 6.07) is 5.96. The highest BCUT2D eigenvalue weighted by Gasteiger charge is 2.10. The van der Waals surface area contributed by atoms with Crippen molar-refractivity contribution in [2.75, 3.05) is 6.54 Å². The van der Waals surface area contributed by atoms with Crippen molar-refractivity contribution < 1.29 is 4.79 Å². The summed E-state index contributed by atoms with van der Waals surface area (Å²) in [5.74, 6) is 0.00562. The summed E-state index contributed by atoms with van der Waals surface area (Å²) in [4.78, 5) is 11.7. The van der Waals surface area contributed by atoms with E-state index in [0.717, 1.165) is 20.1 Å². The van der Waals surface area contributed by atoms with Gasteiger partial charge in [-0.15, -0.1) is 11.3 Å². The third-order valence-corrected chi connectivity index (χ3v) is 3.56. The average Bonchev–Trinajstić information content (AvgIpc) is 2.60. The van der Waals surface area contributed by atoms with Gasteiger partial charge < -0.3 is 5.32 Å². The monoisotopic (exact) mass is 283 g/mol. The van der Waals surface area contributed by atoms with Gasteiger partial charge in [0.25, 0.3) is 5.91 Å². The van der Waals surface area contributed by atoms with Crippen molar-refractivity contribution in [2.45, 2.75) is 6.92 Å². The fraction of sp³-hybridized carbons (Fsp3) is 0.182. The number of carbonyl (C=O) groups excluding carboxylic acids is 1. The SMILES string of the molecule is CCNC(=O)c1csc2cc(Br)ccc12. The fourth-order valence-electron chi connectivity index (χ4n) is 1.43. The van der Waals surface area contributed by atoms with Gasteiger partial charge in [-0.2, -0.15) is 0 Å². The zero-order valence-electron chi connectivity index (χ0n) is 8.21. The molecular formula is C11H10BrNOS. The molecule has 0 saturated carbocycles. The molecule has 0 radical (unpaired) electrons. The minimum Gasteiger partial charge on any atom is -0.352 e. The molecule has 2 rings (SSSR count). The number of halogens is 1. The fourth-order valence-corrected chi connectivity index (χ4v) is 2.93. The van der Waals surface area contributed by atoms with Gasteiger partial charge in [0.2, 0.25) is 0 Å². The second kappa shape index (κ2) is 4.33. The first-order chi connectivity index (χ1) is 7.22. The Labute approximate surface area is 100 Å². The number of thiophene rings is 1. The average molecular weight is 284 g/mol. The molecule has 1 aromatic heterocycles. The Morgan fingerprint density at radius 1 is 1.53 bits per heavy atom. The minimum atomic E-state index is 0.00562. The Morgan fingerprint density at radius 2 is 2.33 bits per heavy atom. The Balaban J connectivity index is 2.49. The van der Waals surface area contributed by atoms with E-state index in [1.54, 1.807) is 11.3 Å². The van der Waals surface area contributed by atoms with E-state index in [9.17, 15) is 4.79 Å². The van der Waals surface area contributed by atoms with E-state index < -0.39 is 0 Å². The van der Waals surface area contributed by atoms with Crippen LogP contribution in [0.3, 0.4) is 0 Å². The van der Waals surface area contributed by atoms with Gasteiger partial charge >= 0.3 is 0 Å². The Morgan fingerprint density at radius 3 is 3.07 bits per heavy atom. The van der Waals surface area contributed by atoms with Crippen molar-refractivity contribution in [3.63, 3.8) is 0 Å². The van der Waals surface area contributed by atoms with E-state index in [4.69, 9.17) is 0 Å². The summed E-state index contributed by atoms with van der Waals surface area (Å²) >= 11 is 5.01. The topological polar surface area (TPSA) is 29.1 Å². The Bertz CT molecular complexity index is 506. The van der Waals surface area contributed by atoms with Crippen molar-refractivity contribution in [3.8, 4) is 0 Å². The standard InChI is InChI=1S/C11H10BrNOS/c1-2-13-11(14)9-6-15-10-5-7(12)3-4-8(9)10/h3-6H,2H2,1H3,(H,13,14). The van der Waals surface area contributed by atoms with Gasteiger partial charge in [-0.05, 0) is 19.1 Å². The molecule has 0 bridgehead atoms. The van der Waals surface area contributed by atoms with E-state index in [2.05, 4.69) is 21.2 Å². The highest BCUT2D eigenvalue weighted by Crippen LogP contribution is 2.28. The van der Waals surface area contributed by atoms with Gasteiger partial charge in [0.1, 0.15) is 0 Å². The molecule has 2 nitrogen and oxygen atoms in total. The molecule has 0 fully saturated rings. The molecule has 0 aliphatic heterocycles. The van der Waals surface area contributed by atoms with Crippen LogP contribution in [0.15, 0.2) is 28.1 Å². The summed E-state index contributed by atoms with van der Waals surface area (Å²) in [7, 11) is 0. The molecule has 4 heteroatoms. The van der Waals surface area contributed by atoms with Gasteiger partial charge in [-0.1, -0.05) is 22.0 Å². The van der Waals surface area contributed by atoms with E-state index in [0.29, 0.717) is 6.54 Å². The number of rotatable bonds is 2. The first-order valence-electron chi connectivity index (χ1n) is 4.67. The molecule has 0 spiro atoms. The molecule has 1 aromatic carbocycles. The largest absolute Gasteiger partial charge is 0.352 e. The van der Waals surface area contributed by atoms with Crippen LogP contribution in [-0.4, -0.2) is 12.5 Å². The quantitative estimate of drug-likeness (QED) is 0.899. The number of carbonyl (C=O) groups is 1. The number of amides is 1. The van der Waals surface area contributed by atoms with Crippen molar-refractivity contribution >= 4 is 43.3 Å². The highest BCUT2D eigenvalue weighted by molar-refractivity contribution is 9.10. The van der Waals surface area contributed by atoms with Crippen LogP contribution in [0.4, 0.5) is 0 Å². The summed E-state index contributed by atoms with van der Waals surface area (Å²) in [6.45, 7) is 2.58. The maximum Gasteiger partial charge on any atom is 0.252 e. The molecule has 0 saturated heterocycles. The molecule has 1 heterocycles. The lowest BCUT2D eigenvalue weighted by Gasteiger charge is -2.00. The van der Waals surface area contributed by atoms with Crippen LogP contribution in [0.5, 0.6) is 0 Å². The maximum absolute atomic E-state index is 11.7. The summed E-state index contributed by atoms with van der Waals surface area (Å²) in [5.41, 5.74) is 0.768. The third-order valence-electron chi connectivity index (χ3n) is 2.12. The van der Waals surface area contributed by atoms with Gasteiger partial charge in [0.15, 0.2) is 0 Å². The molecule has 1 N–H and O–H groups in total. The van der Waals surface area contributed by atoms with Crippen molar-refractivity contribution in [3.05, 3.63) is 33.6 Å². The van der Waals surface area contributed by atoms with Crippen molar-refractivity contribution in [1.29, 1.82) is 0 Å². The lowest BCUT2D eigenvalue weighted by atomic mass is 10.2. The van der Waals surface area contributed by atoms with E-state index in [1.165, 1.54) is 0 Å². The van der Waals surface area contributed by atoms with Crippen LogP contribution in [-0.2, 0) is 0 Å². The zero-order chi connectivity index (χ0) is 10.8. The van der Waals surface area contributed by atoms with Gasteiger partial charge in [0, 0.05) is 26.5 Å². The number of nitrogens with one attached hydrogen (secondary N) is 1. The Hall–Kier alpha value is -0.870. The van der Waals surface area contributed by atoms with Crippen LogP contribution in [0.1, 0.15) is 17.3 Å². The predicted molar refractivity (Wildman–Crippen MR) is 67.5 cm³/mol. The van der Waals surface area contributed by atoms with E-state index in [1.807, 2.05) is 30.5 Å². The molecule has 2 aromatic rings. The Kier molecular flexibility index (Phi) is 3.07. The number of hydrogen-bond acceptors (Lipinski definition) is 2. The highest BCUT2D eigenvalue weighted by atomic mass is 79.9. The number of hydrogen-bond donors (Lipinski definition) is 1. The molecular weight excluding hydrogens is 274 g/mol. The normalized spacial score (nSPS) is 10.5. The van der Waals surface area contributed by atoms with Gasteiger partial charge in [-0.3, -0.25) is 4.79 Å². The lowest BCUT2D eigenvalue weighted by Crippen LogP contribution is -2.22. The van der Waals surface area contributed by atoms with Gasteiger partial charge in [-0.25, -0.2) is 0 Å². The minimum absolute atomic E-state index is 0.00562. The molecule has 1 amide bonds. The summed E-state index contributed by atoms with van der Waals surface area (Å²) < 4.78 is 2.17. The molecule has 0 unspecified atom stereocenters. The zero-order valence-corrected chi connectivity index (χ0v) is 10.6. The number of benzene rings is 1. The third kappa shape index (κ3) is 2.06. The lowest BCUT2D eigenvalue weighted by molar-refractivity contribution is 0.0958. The first kappa shape index (κ1) is 10.6. The van der Waals surface area contributed by atoms with Gasteiger partial charge in [0.05, 0.1) is 5.56 Å². The smallest absolute Gasteiger partial charge is 0.252 e. The van der Waals surface area contributed by atoms with Crippen LogP contribution in [0.25, 0.3) is 10.1 Å². The molecule has 15 heavy (non-hydrogen) atoms. The van der Waals surface area contributed by atoms with Crippen LogP contribution in [0, 0.1) is 0 Å². The van der Waals surface area contributed by atoms with Crippen LogP contribution < -0.4 is 5.32 Å². The number of fused-ring (bicyclic) bond motifs is 1. The molecule has 0 aliphatic rings. The molecule has 78 valence electrons. The van der Waals surface area contributed by atoms with E-state index in [-0.39, 0.29) is 5.91 Å². The maximum atomic E-state index is 11.7. The van der Waals surface area contributed by atoms with Crippen molar-refractivity contribution in [1.82, 2.24) is 5.32 Å². The van der Waals surface area contributed by atoms with E-state index >= 15 is 0 Å².